The molecule has 1 aromatic carbocycles. The number of hydrazone groups is 1. The van der Waals surface area contributed by atoms with Crippen molar-refractivity contribution in [1.29, 1.82) is 0 Å². The summed E-state index contributed by atoms with van der Waals surface area (Å²) in [5.74, 6) is 0.546. The van der Waals surface area contributed by atoms with Gasteiger partial charge in [0.25, 0.3) is 5.69 Å². The van der Waals surface area contributed by atoms with E-state index in [4.69, 9.17) is 4.42 Å². The minimum Gasteiger partial charge on any atom is -0.455 e. The SMILES string of the molecule is C=C1CC(C(=O)N/N=C\c2ccc(-c3ccccc3[N+](=O)[O-])o2)C1. The summed E-state index contributed by atoms with van der Waals surface area (Å²) in [4.78, 5) is 22.3. The molecule has 0 unspecified atom stereocenters. The number of carbonyl (C=O) groups is 1. The van der Waals surface area contributed by atoms with Crippen LogP contribution < -0.4 is 5.43 Å². The van der Waals surface area contributed by atoms with Crippen molar-refractivity contribution in [3.63, 3.8) is 0 Å². The van der Waals surface area contributed by atoms with E-state index in [9.17, 15) is 14.9 Å². The zero-order valence-corrected chi connectivity index (χ0v) is 12.8. The molecule has 1 aliphatic carbocycles. The Labute approximate surface area is 137 Å². The van der Waals surface area contributed by atoms with Gasteiger partial charge in [0.05, 0.1) is 16.7 Å². The second-order valence-corrected chi connectivity index (χ2v) is 5.57. The monoisotopic (exact) mass is 325 g/mol. The molecule has 7 heteroatoms. The molecule has 122 valence electrons. The first-order valence-corrected chi connectivity index (χ1v) is 7.38. The molecule has 0 aliphatic heterocycles. The second kappa shape index (κ2) is 6.49. The minimum absolute atomic E-state index is 0.0335. The van der Waals surface area contributed by atoms with E-state index < -0.39 is 4.92 Å². The lowest BCUT2D eigenvalue weighted by molar-refractivity contribution is -0.384. The molecule has 1 amide bonds. The number of allylic oxidation sites excluding steroid dienone is 1. The van der Waals surface area contributed by atoms with Crippen molar-refractivity contribution in [3.8, 4) is 11.3 Å². The van der Waals surface area contributed by atoms with Gasteiger partial charge in [-0.25, -0.2) is 5.43 Å². The smallest absolute Gasteiger partial charge is 0.280 e. The molecule has 24 heavy (non-hydrogen) atoms. The number of nitro benzene ring substituents is 1. The number of nitrogens with one attached hydrogen (secondary N) is 1. The van der Waals surface area contributed by atoms with Crippen LogP contribution >= 0.6 is 0 Å². The predicted molar refractivity (Wildman–Crippen MR) is 88.4 cm³/mol. The Morgan fingerprint density at radius 1 is 1.33 bits per heavy atom. The van der Waals surface area contributed by atoms with Gasteiger partial charge < -0.3 is 4.42 Å². The zero-order chi connectivity index (χ0) is 17.1. The summed E-state index contributed by atoms with van der Waals surface area (Å²) < 4.78 is 5.54. The van der Waals surface area contributed by atoms with Crippen LogP contribution in [0.25, 0.3) is 11.3 Å². The number of hydrogen-bond acceptors (Lipinski definition) is 5. The summed E-state index contributed by atoms with van der Waals surface area (Å²) in [7, 11) is 0. The maximum absolute atomic E-state index is 11.7. The summed E-state index contributed by atoms with van der Waals surface area (Å²) in [5.41, 5.74) is 3.88. The van der Waals surface area contributed by atoms with Crippen molar-refractivity contribution >= 4 is 17.8 Å². The zero-order valence-electron chi connectivity index (χ0n) is 12.8. The van der Waals surface area contributed by atoms with Gasteiger partial charge in [0.15, 0.2) is 0 Å². The van der Waals surface area contributed by atoms with Gasteiger partial charge in [-0.05, 0) is 31.0 Å². The quantitative estimate of drug-likeness (QED) is 0.395. The van der Waals surface area contributed by atoms with Crippen LogP contribution in [0.4, 0.5) is 5.69 Å². The lowest BCUT2D eigenvalue weighted by Crippen LogP contribution is -2.32. The van der Waals surface area contributed by atoms with Crippen molar-refractivity contribution in [3.05, 3.63) is 64.4 Å². The molecular weight excluding hydrogens is 310 g/mol. The molecule has 1 fully saturated rings. The number of hydrogen-bond donors (Lipinski definition) is 1. The first kappa shape index (κ1) is 15.7. The molecule has 2 aromatic rings. The van der Waals surface area contributed by atoms with Crippen molar-refractivity contribution in [1.82, 2.24) is 5.43 Å². The van der Waals surface area contributed by atoms with Crippen molar-refractivity contribution in [2.24, 2.45) is 11.0 Å². The molecule has 0 bridgehead atoms. The number of furan rings is 1. The molecule has 0 spiro atoms. The highest BCUT2D eigenvalue weighted by Gasteiger charge is 2.28. The normalized spacial score (nSPS) is 14.6. The molecule has 1 N–H and O–H groups in total. The molecule has 1 aromatic heterocycles. The van der Waals surface area contributed by atoms with E-state index >= 15 is 0 Å². The Morgan fingerprint density at radius 2 is 2.08 bits per heavy atom. The molecule has 0 atom stereocenters. The van der Waals surface area contributed by atoms with Gasteiger partial charge in [0.2, 0.25) is 5.91 Å². The second-order valence-electron chi connectivity index (χ2n) is 5.57. The van der Waals surface area contributed by atoms with Gasteiger partial charge in [-0.1, -0.05) is 24.3 Å². The van der Waals surface area contributed by atoms with Gasteiger partial charge in [0, 0.05) is 12.0 Å². The molecule has 3 rings (SSSR count). The van der Waals surface area contributed by atoms with E-state index in [1.807, 2.05) is 0 Å². The number of amides is 1. The Kier molecular flexibility index (Phi) is 4.24. The fourth-order valence-corrected chi connectivity index (χ4v) is 2.48. The third-order valence-corrected chi connectivity index (χ3v) is 3.80. The average molecular weight is 325 g/mol. The van der Waals surface area contributed by atoms with E-state index in [1.54, 1.807) is 30.3 Å². The molecule has 1 saturated carbocycles. The highest BCUT2D eigenvalue weighted by Crippen LogP contribution is 2.31. The Bertz CT molecular complexity index is 830. The van der Waals surface area contributed by atoms with Crippen LogP contribution in [0.5, 0.6) is 0 Å². The number of benzene rings is 1. The predicted octanol–water partition coefficient (Wildman–Crippen LogP) is 3.27. The lowest BCUT2D eigenvalue weighted by Gasteiger charge is -2.25. The number of carbonyl (C=O) groups excluding carboxylic acids is 1. The van der Waals surface area contributed by atoms with Gasteiger partial charge >= 0.3 is 0 Å². The van der Waals surface area contributed by atoms with Gasteiger partial charge in [-0.15, -0.1) is 0 Å². The van der Waals surface area contributed by atoms with Gasteiger partial charge in [0.1, 0.15) is 11.5 Å². The van der Waals surface area contributed by atoms with Crippen molar-refractivity contribution in [2.75, 3.05) is 0 Å². The summed E-state index contributed by atoms with van der Waals surface area (Å²) in [5, 5.41) is 14.9. The maximum Gasteiger partial charge on any atom is 0.280 e. The highest BCUT2D eigenvalue weighted by atomic mass is 16.6. The van der Waals surface area contributed by atoms with Crippen LogP contribution in [0.1, 0.15) is 18.6 Å². The van der Waals surface area contributed by atoms with E-state index in [0.29, 0.717) is 29.9 Å². The summed E-state index contributed by atoms with van der Waals surface area (Å²) in [6.07, 6.45) is 2.76. The first-order chi connectivity index (χ1) is 11.5. The number of nitro groups is 1. The van der Waals surface area contributed by atoms with E-state index in [0.717, 1.165) is 5.57 Å². The summed E-state index contributed by atoms with van der Waals surface area (Å²) in [6, 6.07) is 9.58. The molecule has 1 aliphatic rings. The van der Waals surface area contributed by atoms with Crippen LogP contribution in [0, 0.1) is 16.0 Å². The van der Waals surface area contributed by atoms with Crippen LogP contribution in [0.2, 0.25) is 0 Å². The van der Waals surface area contributed by atoms with Gasteiger partial charge in [-0.2, -0.15) is 5.10 Å². The third kappa shape index (κ3) is 3.24. The topological polar surface area (TPSA) is 97.7 Å². The van der Waals surface area contributed by atoms with Crippen molar-refractivity contribution < 1.29 is 14.1 Å². The standard InChI is InChI=1S/C17H15N3O4/c1-11-8-12(9-11)17(21)19-18-10-13-6-7-16(24-13)14-4-2-3-5-15(14)20(22)23/h2-7,10,12H,1,8-9H2,(H,19,21)/b18-10-. The molecule has 7 nitrogen and oxygen atoms in total. The Balaban J connectivity index is 1.68. The van der Waals surface area contributed by atoms with Crippen LogP contribution in [-0.4, -0.2) is 17.0 Å². The number of para-hydroxylation sites is 1. The fourth-order valence-electron chi connectivity index (χ4n) is 2.48. The fraction of sp³-hybridized carbons (Fsp3) is 0.176. The molecule has 0 saturated heterocycles. The van der Waals surface area contributed by atoms with Crippen LogP contribution in [-0.2, 0) is 4.79 Å². The van der Waals surface area contributed by atoms with E-state index in [2.05, 4.69) is 17.1 Å². The first-order valence-electron chi connectivity index (χ1n) is 7.38. The lowest BCUT2D eigenvalue weighted by atomic mass is 9.81. The molecule has 1 heterocycles. The minimum atomic E-state index is -0.460. The highest BCUT2D eigenvalue weighted by molar-refractivity contribution is 5.83. The molecule has 0 radical (unpaired) electrons. The average Bonchev–Trinajstić information content (AvgIpc) is 3.00. The largest absolute Gasteiger partial charge is 0.455 e. The Morgan fingerprint density at radius 3 is 2.79 bits per heavy atom. The van der Waals surface area contributed by atoms with E-state index in [1.165, 1.54) is 12.3 Å². The summed E-state index contributed by atoms with van der Waals surface area (Å²) >= 11 is 0. The number of rotatable bonds is 5. The third-order valence-electron chi connectivity index (χ3n) is 3.80. The van der Waals surface area contributed by atoms with Gasteiger partial charge in [-0.3, -0.25) is 14.9 Å². The van der Waals surface area contributed by atoms with E-state index in [-0.39, 0.29) is 17.5 Å². The maximum atomic E-state index is 11.7. The summed E-state index contributed by atoms with van der Waals surface area (Å²) in [6.45, 7) is 3.79. The van der Waals surface area contributed by atoms with Crippen LogP contribution in [0.15, 0.2) is 58.1 Å². The molecular formula is C17H15N3O4. The number of nitrogens with zero attached hydrogens (tertiary/aromatic N) is 2. The van der Waals surface area contributed by atoms with Crippen molar-refractivity contribution in [2.45, 2.75) is 12.8 Å². The Hall–Kier alpha value is -3.22. The van der Waals surface area contributed by atoms with Crippen LogP contribution in [0.3, 0.4) is 0 Å².